The molecule has 0 aliphatic carbocycles. The van der Waals surface area contributed by atoms with Crippen molar-refractivity contribution >= 4 is 5.97 Å². The third-order valence-electron chi connectivity index (χ3n) is 4.83. The molecule has 0 aromatic heterocycles. The molecule has 2 heterocycles. The van der Waals surface area contributed by atoms with Gasteiger partial charge in [-0.1, -0.05) is 12.1 Å². The van der Waals surface area contributed by atoms with Crippen LogP contribution in [0.25, 0.3) is 0 Å². The standard InChI is InChI=1S/C20H23F3N2O4/c1-13-10-17(24-6-8-28-9-7-24)25(11-14-2-4-15(21)5-3-14)19(18(13)20(26)27)29-12-16(22)23/h2-5,10,16-17H,6-9,11-12H2,1H3,(H,26,27). The Morgan fingerprint density at radius 1 is 1.28 bits per heavy atom. The van der Waals surface area contributed by atoms with Gasteiger partial charge in [0.25, 0.3) is 6.43 Å². The van der Waals surface area contributed by atoms with Crippen molar-refractivity contribution in [3.05, 3.63) is 58.8 Å². The molecular weight excluding hydrogens is 389 g/mol. The van der Waals surface area contributed by atoms with Gasteiger partial charge in [-0.15, -0.1) is 0 Å². The molecular formula is C20H23F3N2O4. The highest BCUT2D eigenvalue weighted by Crippen LogP contribution is 2.32. The summed E-state index contributed by atoms with van der Waals surface area (Å²) in [5, 5.41) is 9.69. The summed E-state index contributed by atoms with van der Waals surface area (Å²) in [6, 6.07) is 5.74. The van der Waals surface area contributed by atoms with Gasteiger partial charge in [0.15, 0.2) is 6.61 Å². The Kier molecular flexibility index (Phi) is 6.81. The number of carbonyl (C=O) groups is 1. The topological polar surface area (TPSA) is 62.2 Å². The number of carboxylic acid groups (broad SMARTS) is 1. The van der Waals surface area contributed by atoms with Gasteiger partial charge in [-0.05, 0) is 36.3 Å². The minimum atomic E-state index is -2.75. The van der Waals surface area contributed by atoms with Gasteiger partial charge < -0.3 is 19.5 Å². The van der Waals surface area contributed by atoms with Crippen LogP contribution >= 0.6 is 0 Å². The first-order valence-corrected chi connectivity index (χ1v) is 9.27. The van der Waals surface area contributed by atoms with Gasteiger partial charge in [0.2, 0.25) is 5.88 Å². The number of halogens is 3. The summed E-state index contributed by atoms with van der Waals surface area (Å²) >= 11 is 0. The molecule has 2 aliphatic rings. The van der Waals surface area contributed by atoms with Gasteiger partial charge in [-0.2, -0.15) is 0 Å². The monoisotopic (exact) mass is 412 g/mol. The number of benzene rings is 1. The highest BCUT2D eigenvalue weighted by molar-refractivity contribution is 5.92. The normalized spacial score (nSPS) is 20.8. The third kappa shape index (κ3) is 5.10. The Bertz CT molecular complexity index is 789. The van der Waals surface area contributed by atoms with Crippen molar-refractivity contribution in [2.24, 2.45) is 0 Å². The zero-order valence-corrected chi connectivity index (χ0v) is 16.0. The lowest BCUT2D eigenvalue weighted by molar-refractivity contribution is -0.133. The third-order valence-corrected chi connectivity index (χ3v) is 4.83. The van der Waals surface area contributed by atoms with E-state index in [9.17, 15) is 23.1 Å². The second-order valence-corrected chi connectivity index (χ2v) is 6.85. The Hall–Kier alpha value is -2.52. The van der Waals surface area contributed by atoms with Crippen LogP contribution in [0.4, 0.5) is 13.2 Å². The van der Waals surface area contributed by atoms with Gasteiger partial charge in [0.05, 0.1) is 13.2 Å². The maximum absolute atomic E-state index is 13.3. The first kappa shape index (κ1) is 21.2. The molecule has 3 rings (SSSR count). The zero-order valence-electron chi connectivity index (χ0n) is 16.0. The summed E-state index contributed by atoms with van der Waals surface area (Å²) in [7, 11) is 0. The van der Waals surface area contributed by atoms with Crippen molar-refractivity contribution in [3.63, 3.8) is 0 Å². The molecule has 1 aromatic carbocycles. The van der Waals surface area contributed by atoms with Crippen molar-refractivity contribution in [3.8, 4) is 0 Å². The van der Waals surface area contributed by atoms with Crippen LogP contribution < -0.4 is 0 Å². The van der Waals surface area contributed by atoms with Gasteiger partial charge in [0, 0.05) is 19.6 Å². The molecule has 2 aliphatic heterocycles. The lowest BCUT2D eigenvalue weighted by Gasteiger charge is -2.44. The van der Waals surface area contributed by atoms with Crippen LogP contribution in [0.1, 0.15) is 12.5 Å². The van der Waals surface area contributed by atoms with Crippen LogP contribution in [-0.4, -0.2) is 66.4 Å². The molecule has 1 saturated heterocycles. The van der Waals surface area contributed by atoms with Crippen molar-refractivity contribution in [1.82, 2.24) is 9.80 Å². The summed E-state index contributed by atoms with van der Waals surface area (Å²) in [6.45, 7) is 3.08. The summed E-state index contributed by atoms with van der Waals surface area (Å²) in [5.41, 5.74) is 0.978. The summed E-state index contributed by atoms with van der Waals surface area (Å²) < 4.78 is 49.7. The van der Waals surface area contributed by atoms with Crippen molar-refractivity contribution in [2.75, 3.05) is 32.9 Å². The Morgan fingerprint density at radius 3 is 2.52 bits per heavy atom. The van der Waals surface area contributed by atoms with Crippen LogP contribution in [0.15, 0.2) is 47.4 Å². The first-order valence-electron chi connectivity index (χ1n) is 9.27. The SMILES string of the molecule is CC1=CC(N2CCOCC2)N(Cc2ccc(F)cc2)C(OCC(F)F)=C1C(=O)O. The van der Waals surface area contributed by atoms with E-state index >= 15 is 0 Å². The molecule has 0 amide bonds. The fourth-order valence-corrected chi connectivity index (χ4v) is 3.48. The number of morpholine rings is 1. The number of alkyl halides is 2. The number of rotatable bonds is 7. The second-order valence-electron chi connectivity index (χ2n) is 6.85. The van der Waals surface area contributed by atoms with Gasteiger partial charge in [-0.25, -0.2) is 18.0 Å². The number of hydrogen-bond donors (Lipinski definition) is 1. The van der Waals surface area contributed by atoms with Gasteiger partial charge in [-0.3, -0.25) is 4.90 Å². The van der Waals surface area contributed by atoms with E-state index in [1.54, 1.807) is 30.0 Å². The zero-order chi connectivity index (χ0) is 21.0. The van der Waals surface area contributed by atoms with Gasteiger partial charge >= 0.3 is 5.97 Å². The average Bonchev–Trinajstić information content (AvgIpc) is 2.69. The Morgan fingerprint density at radius 2 is 1.93 bits per heavy atom. The second kappa shape index (κ2) is 9.32. The lowest BCUT2D eigenvalue weighted by atomic mass is 10.0. The van der Waals surface area contributed by atoms with Crippen LogP contribution in [-0.2, 0) is 20.8 Å². The molecule has 0 saturated carbocycles. The minimum absolute atomic E-state index is 0.112. The molecule has 1 unspecified atom stereocenters. The van der Waals surface area contributed by atoms with E-state index < -0.39 is 31.0 Å². The Labute approximate surface area is 166 Å². The largest absolute Gasteiger partial charge is 0.477 e. The molecule has 6 nitrogen and oxygen atoms in total. The quantitative estimate of drug-likeness (QED) is 0.743. The highest BCUT2D eigenvalue weighted by Gasteiger charge is 2.36. The van der Waals surface area contributed by atoms with E-state index in [1.165, 1.54) is 12.1 Å². The van der Waals surface area contributed by atoms with E-state index in [0.717, 1.165) is 0 Å². The predicted molar refractivity (Wildman–Crippen MR) is 98.5 cm³/mol. The first-order chi connectivity index (χ1) is 13.9. The predicted octanol–water partition coefficient (Wildman–Crippen LogP) is 2.82. The Balaban J connectivity index is 2.01. The van der Waals surface area contributed by atoms with E-state index in [0.29, 0.717) is 37.4 Å². The maximum Gasteiger partial charge on any atom is 0.341 e. The molecule has 1 fully saturated rings. The lowest BCUT2D eigenvalue weighted by Crippen LogP contribution is -2.53. The molecule has 29 heavy (non-hydrogen) atoms. The summed E-state index contributed by atoms with van der Waals surface area (Å²) in [6.07, 6.45) is -1.37. The molecule has 158 valence electrons. The minimum Gasteiger partial charge on any atom is -0.477 e. The number of aliphatic carboxylic acids is 1. The smallest absolute Gasteiger partial charge is 0.341 e. The number of carboxylic acids is 1. The van der Waals surface area contributed by atoms with E-state index in [2.05, 4.69) is 4.90 Å². The fraction of sp³-hybridized carbons (Fsp3) is 0.450. The molecule has 1 N–H and O–H groups in total. The fourth-order valence-electron chi connectivity index (χ4n) is 3.48. The van der Waals surface area contributed by atoms with Crippen LogP contribution in [0.2, 0.25) is 0 Å². The molecule has 1 aromatic rings. The number of nitrogens with zero attached hydrogens (tertiary/aromatic N) is 2. The molecule has 0 bridgehead atoms. The van der Waals surface area contributed by atoms with E-state index in [4.69, 9.17) is 9.47 Å². The van der Waals surface area contributed by atoms with Crippen molar-refractivity contribution in [2.45, 2.75) is 26.1 Å². The van der Waals surface area contributed by atoms with E-state index in [1.807, 2.05) is 0 Å². The molecule has 9 heteroatoms. The number of hydrogen-bond acceptors (Lipinski definition) is 5. The van der Waals surface area contributed by atoms with Crippen LogP contribution in [0.5, 0.6) is 0 Å². The molecule has 1 atom stereocenters. The number of ether oxygens (including phenoxy) is 2. The summed E-state index contributed by atoms with van der Waals surface area (Å²) in [4.78, 5) is 15.6. The van der Waals surface area contributed by atoms with Crippen LogP contribution in [0, 0.1) is 5.82 Å². The maximum atomic E-state index is 13.3. The van der Waals surface area contributed by atoms with Crippen LogP contribution in [0.3, 0.4) is 0 Å². The molecule has 0 spiro atoms. The molecule has 0 radical (unpaired) electrons. The van der Waals surface area contributed by atoms with E-state index in [-0.39, 0.29) is 18.0 Å². The van der Waals surface area contributed by atoms with Crippen molar-refractivity contribution < 1.29 is 32.5 Å². The highest BCUT2D eigenvalue weighted by atomic mass is 19.3. The summed E-state index contributed by atoms with van der Waals surface area (Å²) in [5.74, 6) is -1.77. The van der Waals surface area contributed by atoms with Crippen molar-refractivity contribution in [1.29, 1.82) is 0 Å². The average molecular weight is 412 g/mol. The van der Waals surface area contributed by atoms with Gasteiger partial charge in [0.1, 0.15) is 17.6 Å².